The van der Waals surface area contributed by atoms with Gasteiger partial charge in [0.15, 0.2) is 11.4 Å². The van der Waals surface area contributed by atoms with Crippen molar-refractivity contribution >= 4 is 34.8 Å². The molecule has 0 spiro atoms. The van der Waals surface area contributed by atoms with Gasteiger partial charge in [-0.25, -0.2) is 9.97 Å². The maximum Gasteiger partial charge on any atom is 0.159 e. The Hall–Kier alpha value is -3.07. The highest BCUT2D eigenvalue weighted by Crippen LogP contribution is 2.18. The zero-order chi connectivity index (χ0) is 22.3. The van der Waals surface area contributed by atoms with Crippen molar-refractivity contribution in [1.82, 2.24) is 9.97 Å². The number of nitriles is 2. The first-order valence-corrected chi connectivity index (χ1v) is 9.75. The van der Waals surface area contributed by atoms with Crippen molar-refractivity contribution in [3.05, 3.63) is 90.9 Å². The van der Waals surface area contributed by atoms with Crippen LogP contribution in [0.2, 0.25) is 15.1 Å². The minimum atomic E-state index is 0.200. The zero-order valence-electron chi connectivity index (χ0n) is 16.4. The van der Waals surface area contributed by atoms with Crippen LogP contribution >= 0.6 is 34.8 Å². The number of benzene rings is 1. The maximum absolute atomic E-state index is 8.78. The Labute approximate surface area is 190 Å². The van der Waals surface area contributed by atoms with Crippen LogP contribution in [0, 0.1) is 55.3 Å². The summed E-state index contributed by atoms with van der Waals surface area (Å²) in [6.45, 7) is 6.17. The largest absolute Gasteiger partial charge is 0.243 e. The molecule has 2 aromatic heterocycles. The van der Waals surface area contributed by atoms with Gasteiger partial charge in [-0.05, 0) is 44.0 Å². The van der Waals surface area contributed by atoms with E-state index < -0.39 is 0 Å². The number of rotatable bonds is 0. The van der Waals surface area contributed by atoms with E-state index in [0.717, 1.165) is 16.7 Å². The third kappa shape index (κ3) is 6.21. The molecule has 0 fully saturated rings. The van der Waals surface area contributed by atoms with Gasteiger partial charge < -0.3 is 0 Å². The van der Waals surface area contributed by atoms with Gasteiger partial charge in [-0.3, -0.25) is 0 Å². The molecule has 0 aliphatic heterocycles. The molecule has 0 aliphatic rings. The zero-order valence-corrected chi connectivity index (χ0v) is 18.7. The van der Waals surface area contributed by atoms with E-state index in [1.165, 1.54) is 17.8 Å². The Kier molecular flexibility index (Phi) is 8.23. The molecule has 1 aromatic carbocycles. The molecule has 0 amide bonds. The van der Waals surface area contributed by atoms with Crippen LogP contribution in [0.3, 0.4) is 0 Å². The van der Waals surface area contributed by atoms with Gasteiger partial charge >= 0.3 is 0 Å². The van der Waals surface area contributed by atoms with E-state index in [-0.39, 0.29) is 16.4 Å². The summed E-state index contributed by atoms with van der Waals surface area (Å²) in [6, 6.07) is 11.1. The van der Waals surface area contributed by atoms with E-state index in [1.54, 1.807) is 12.3 Å². The fourth-order valence-electron chi connectivity index (χ4n) is 2.60. The van der Waals surface area contributed by atoms with Crippen molar-refractivity contribution < 1.29 is 0 Å². The van der Waals surface area contributed by atoms with Gasteiger partial charge in [0, 0.05) is 23.5 Å². The van der Waals surface area contributed by atoms with Crippen LogP contribution in [0.25, 0.3) is 0 Å². The molecular weight excluding hydrogens is 439 g/mol. The van der Waals surface area contributed by atoms with Crippen LogP contribution in [-0.4, -0.2) is 9.97 Å². The molecule has 2 heterocycles. The second kappa shape index (κ2) is 10.6. The molecule has 0 N–H and O–H groups in total. The van der Waals surface area contributed by atoms with Crippen molar-refractivity contribution in [3.8, 4) is 24.0 Å². The lowest BCUT2D eigenvalue weighted by Crippen LogP contribution is -1.90. The molecule has 0 aliphatic carbocycles. The SMILES string of the molecule is Cc1cc(C)c(C#Cc2cnc(C#N)c(Cl)c2)c(C)c1.N#Cc1ncc(Cl)cc1Cl. The first-order chi connectivity index (χ1) is 14.2. The van der Waals surface area contributed by atoms with Crippen molar-refractivity contribution in [2.75, 3.05) is 0 Å². The Bertz CT molecular complexity index is 1220. The summed E-state index contributed by atoms with van der Waals surface area (Å²) < 4.78 is 0. The Morgan fingerprint density at radius 1 is 0.733 bits per heavy atom. The Morgan fingerprint density at radius 2 is 1.27 bits per heavy atom. The average Bonchev–Trinajstić information content (AvgIpc) is 2.68. The van der Waals surface area contributed by atoms with E-state index in [4.69, 9.17) is 45.3 Å². The predicted octanol–water partition coefficient (Wildman–Crippen LogP) is 6.19. The van der Waals surface area contributed by atoms with Gasteiger partial charge in [-0.15, -0.1) is 0 Å². The second-order valence-electron chi connectivity index (χ2n) is 6.29. The van der Waals surface area contributed by atoms with Gasteiger partial charge in [-0.1, -0.05) is 64.3 Å². The van der Waals surface area contributed by atoms with Gasteiger partial charge in [0.2, 0.25) is 0 Å². The van der Waals surface area contributed by atoms with E-state index >= 15 is 0 Å². The first-order valence-electron chi connectivity index (χ1n) is 8.61. The molecule has 4 nitrogen and oxygen atoms in total. The third-order valence-corrected chi connectivity index (χ3v) is 4.65. The number of aromatic nitrogens is 2. The van der Waals surface area contributed by atoms with Crippen molar-refractivity contribution in [2.24, 2.45) is 0 Å². The standard InChI is InChI=1S/C17H13ClN2.C6H2Cl2N2/c1-11-6-12(2)15(13(3)7-11)5-4-14-8-16(18)17(9-19)20-10-14;7-4-1-5(8)6(2-9)10-3-4/h6-8,10H,1-3H3;1,3H. The topological polar surface area (TPSA) is 73.4 Å². The maximum atomic E-state index is 8.78. The lowest BCUT2D eigenvalue weighted by atomic mass is 10.00. The first kappa shape index (κ1) is 23.2. The number of hydrogen-bond acceptors (Lipinski definition) is 4. The fraction of sp³-hybridized carbons (Fsp3) is 0.130. The molecule has 3 rings (SSSR count). The highest BCUT2D eigenvalue weighted by atomic mass is 35.5. The second-order valence-corrected chi connectivity index (χ2v) is 7.54. The molecule has 3 aromatic rings. The molecule has 0 saturated carbocycles. The predicted molar refractivity (Wildman–Crippen MR) is 120 cm³/mol. The van der Waals surface area contributed by atoms with Gasteiger partial charge in [0.1, 0.15) is 12.1 Å². The molecular formula is C23H15Cl3N4. The van der Waals surface area contributed by atoms with E-state index in [2.05, 4.69) is 40.9 Å². The van der Waals surface area contributed by atoms with Crippen molar-refractivity contribution in [3.63, 3.8) is 0 Å². The minimum absolute atomic E-state index is 0.200. The number of pyridine rings is 2. The van der Waals surface area contributed by atoms with Crippen LogP contribution in [0.5, 0.6) is 0 Å². The number of nitrogens with zero attached hydrogens (tertiary/aromatic N) is 4. The summed E-state index contributed by atoms with van der Waals surface area (Å²) in [5.41, 5.74) is 5.69. The summed E-state index contributed by atoms with van der Waals surface area (Å²) in [5, 5.41) is 18.2. The smallest absolute Gasteiger partial charge is 0.159 e. The summed E-state index contributed by atoms with van der Waals surface area (Å²) in [7, 11) is 0. The number of hydrogen-bond donors (Lipinski definition) is 0. The monoisotopic (exact) mass is 452 g/mol. The van der Waals surface area contributed by atoms with Crippen LogP contribution in [0.15, 0.2) is 36.7 Å². The molecule has 0 bridgehead atoms. The van der Waals surface area contributed by atoms with Gasteiger partial charge in [0.25, 0.3) is 0 Å². The molecule has 0 unspecified atom stereocenters. The lowest BCUT2D eigenvalue weighted by Gasteiger charge is -2.04. The van der Waals surface area contributed by atoms with E-state index in [0.29, 0.717) is 15.6 Å². The molecule has 0 atom stereocenters. The van der Waals surface area contributed by atoms with Crippen LogP contribution in [-0.2, 0) is 0 Å². The summed E-state index contributed by atoms with van der Waals surface area (Å²) in [4.78, 5) is 7.64. The van der Waals surface area contributed by atoms with Crippen molar-refractivity contribution in [2.45, 2.75) is 20.8 Å². The minimum Gasteiger partial charge on any atom is -0.243 e. The molecule has 0 saturated heterocycles. The van der Waals surface area contributed by atoms with Crippen LogP contribution < -0.4 is 0 Å². The molecule has 148 valence electrons. The van der Waals surface area contributed by atoms with E-state index in [1.807, 2.05) is 26.0 Å². The molecule has 7 heteroatoms. The van der Waals surface area contributed by atoms with Gasteiger partial charge in [-0.2, -0.15) is 10.5 Å². The fourth-order valence-corrected chi connectivity index (χ4v) is 3.23. The van der Waals surface area contributed by atoms with Gasteiger partial charge in [0.05, 0.1) is 15.1 Å². The summed E-state index contributed by atoms with van der Waals surface area (Å²) in [6.07, 6.45) is 2.95. The third-order valence-electron chi connectivity index (χ3n) is 3.87. The molecule has 0 radical (unpaired) electrons. The summed E-state index contributed by atoms with van der Waals surface area (Å²) >= 11 is 17.0. The quantitative estimate of drug-likeness (QED) is 0.380. The average molecular weight is 454 g/mol. The summed E-state index contributed by atoms with van der Waals surface area (Å²) in [5.74, 6) is 6.21. The highest BCUT2D eigenvalue weighted by Gasteiger charge is 2.03. The number of halogens is 3. The Balaban J connectivity index is 0.000000269. The normalized spacial score (nSPS) is 9.33. The van der Waals surface area contributed by atoms with Crippen molar-refractivity contribution in [1.29, 1.82) is 10.5 Å². The highest BCUT2D eigenvalue weighted by molar-refractivity contribution is 6.35. The molecule has 30 heavy (non-hydrogen) atoms. The van der Waals surface area contributed by atoms with E-state index in [9.17, 15) is 0 Å². The van der Waals surface area contributed by atoms with Crippen LogP contribution in [0.1, 0.15) is 39.2 Å². The lowest BCUT2D eigenvalue weighted by molar-refractivity contribution is 1.25. The van der Waals surface area contributed by atoms with Crippen LogP contribution in [0.4, 0.5) is 0 Å². The number of aryl methyl sites for hydroxylation is 3. The Morgan fingerprint density at radius 3 is 1.77 bits per heavy atom.